The molecule has 1 heterocycles. The van der Waals surface area contributed by atoms with Crippen LogP contribution in [-0.2, 0) is 9.53 Å². The number of aliphatic carboxylic acids is 1. The number of carboxylic acids is 1. The van der Waals surface area contributed by atoms with Crippen LogP contribution >= 0.6 is 11.8 Å². The van der Waals surface area contributed by atoms with Crippen molar-refractivity contribution in [3.63, 3.8) is 0 Å². The minimum atomic E-state index is -0.665. The van der Waals surface area contributed by atoms with Gasteiger partial charge in [0.15, 0.2) is 0 Å². The molecule has 1 spiro atoms. The predicted molar refractivity (Wildman–Crippen MR) is 74.0 cm³/mol. The lowest BCUT2D eigenvalue weighted by atomic mass is 9.92. The Morgan fingerprint density at radius 3 is 2.61 bits per heavy atom. The van der Waals surface area contributed by atoms with Crippen LogP contribution in [0.25, 0.3) is 0 Å². The summed E-state index contributed by atoms with van der Waals surface area (Å²) in [6, 6.07) is 0. The molecule has 104 valence electrons. The summed E-state index contributed by atoms with van der Waals surface area (Å²) < 4.78 is 6.00. The van der Waals surface area contributed by atoms with Crippen LogP contribution < -0.4 is 0 Å². The molecule has 2 unspecified atom stereocenters. The Kier molecular flexibility index (Phi) is 4.59. The van der Waals surface area contributed by atoms with E-state index in [9.17, 15) is 9.90 Å². The Bertz CT molecular complexity index is 297. The van der Waals surface area contributed by atoms with Gasteiger partial charge in [0.2, 0.25) is 0 Å². The summed E-state index contributed by atoms with van der Waals surface area (Å²) in [5.41, 5.74) is 0.0932. The third kappa shape index (κ3) is 3.21. The van der Waals surface area contributed by atoms with Gasteiger partial charge in [0.25, 0.3) is 0 Å². The summed E-state index contributed by atoms with van der Waals surface area (Å²) in [6.45, 7) is 4.80. The van der Waals surface area contributed by atoms with E-state index in [-0.39, 0.29) is 16.8 Å². The first-order valence-corrected chi connectivity index (χ1v) is 7.99. The van der Waals surface area contributed by atoms with Crippen molar-refractivity contribution in [1.82, 2.24) is 0 Å². The summed E-state index contributed by atoms with van der Waals surface area (Å²) >= 11 is 1.66. The van der Waals surface area contributed by atoms with E-state index in [4.69, 9.17) is 4.74 Å². The maximum atomic E-state index is 11.3. The number of hydrogen-bond donors (Lipinski definition) is 1. The molecule has 1 saturated carbocycles. The van der Waals surface area contributed by atoms with Crippen LogP contribution in [0.3, 0.4) is 0 Å². The van der Waals surface area contributed by atoms with Gasteiger partial charge >= 0.3 is 5.97 Å². The van der Waals surface area contributed by atoms with Crippen LogP contribution in [0.1, 0.15) is 52.4 Å². The molecule has 2 aliphatic rings. The van der Waals surface area contributed by atoms with Gasteiger partial charge in [-0.1, -0.05) is 26.7 Å². The number of rotatable bonds is 4. The van der Waals surface area contributed by atoms with Crippen LogP contribution in [0.4, 0.5) is 0 Å². The van der Waals surface area contributed by atoms with E-state index >= 15 is 0 Å². The summed E-state index contributed by atoms with van der Waals surface area (Å²) in [7, 11) is 0. The molecule has 0 aromatic carbocycles. The highest BCUT2D eigenvalue weighted by molar-refractivity contribution is 8.01. The van der Waals surface area contributed by atoms with Crippen LogP contribution in [0.15, 0.2) is 0 Å². The van der Waals surface area contributed by atoms with Crippen molar-refractivity contribution in [2.75, 3.05) is 6.61 Å². The largest absolute Gasteiger partial charge is 0.480 e. The van der Waals surface area contributed by atoms with Crippen molar-refractivity contribution >= 4 is 17.7 Å². The number of carboxylic acid groups (broad SMARTS) is 1. The fourth-order valence-corrected chi connectivity index (χ4v) is 4.65. The van der Waals surface area contributed by atoms with Crippen molar-refractivity contribution in [1.29, 1.82) is 0 Å². The average Bonchev–Trinajstić information content (AvgIpc) is 2.73. The topological polar surface area (TPSA) is 46.5 Å². The van der Waals surface area contributed by atoms with Gasteiger partial charge in [-0.15, -0.1) is 11.8 Å². The highest BCUT2D eigenvalue weighted by Crippen LogP contribution is 2.44. The normalized spacial score (nSPS) is 28.7. The van der Waals surface area contributed by atoms with Gasteiger partial charge in [0.1, 0.15) is 5.25 Å². The van der Waals surface area contributed by atoms with Gasteiger partial charge in [0, 0.05) is 11.9 Å². The zero-order valence-electron chi connectivity index (χ0n) is 11.4. The zero-order chi connectivity index (χ0) is 13.2. The fourth-order valence-electron chi connectivity index (χ4n) is 3.17. The van der Waals surface area contributed by atoms with Crippen molar-refractivity contribution in [2.24, 2.45) is 5.92 Å². The smallest absolute Gasteiger partial charge is 0.316 e. The Hall–Kier alpha value is -0.220. The number of carbonyl (C=O) groups is 1. The van der Waals surface area contributed by atoms with E-state index < -0.39 is 5.97 Å². The molecular weight excluding hydrogens is 248 g/mol. The molecule has 0 amide bonds. The summed E-state index contributed by atoms with van der Waals surface area (Å²) in [6.07, 6.45) is 6.93. The van der Waals surface area contributed by atoms with Gasteiger partial charge in [-0.3, -0.25) is 4.79 Å². The summed E-state index contributed by atoms with van der Waals surface area (Å²) in [5, 5.41) is 9.47. The van der Waals surface area contributed by atoms with Gasteiger partial charge in [0.05, 0.1) is 5.60 Å². The van der Waals surface area contributed by atoms with Crippen molar-refractivity contribution in [3.05, 3.63) is 0 Å². The van der Waals surface area contributed by atoms with Crippen molar-refractivity contribution < 1.29 is 14.6 Å². The predicted octanol–water partition coefficient (Wildman–Crippen LogP) is 3.32. The lowest BCUT2D eigenvalue weighted by molar-refractivity contribution is -0.137. The molecule has 2 atom stereocenters. The molecule has 0 radical (unpaired) electrons. The minimum Gasteiger partial charge on any atom is -0.480 e. The highest BCUT2D eigenvalue weighted by Gasteiger charge is 2.41. The van der Waals surface area contributed by atoms with Crippen LogP contribution in [0.5, 0.6) is 0 Å². The molecule has 1 N–H and O–H groups in total. The summed E-state index contributed by atoms with van der Waals surface area (Å²) in [4.78, 5) is 11.3. The minimum absolute atomic E-state index is 0.0932. The van der Waals surface area contributed by atoms with E-state index in [1.165, 1.54) is 25.7 Å². The molecule has 0 aromatic heterocycles. The lowest BCUT2D eigenvalue weighted by Crippen LogP contribution is -2.40. The van der Waals surface area contributed by atoms with E-state index in [0.717, 1.165) is 19.4 Å². The molecule has 3 nitrogen and oxygen atoms in total. The second kappa shape index (κ2) is 5.83. The van der Waals surface area contributed by atoms with E-state index in [1.807, 2.05) is 13.8 Å². The molecule has 2 fully saturated rings. The standard InChI is InChI=1S/C14H24O3S/c1-10(2)12(13(15)16)18-11-5-8-17-14(9-11)6-3-4-7-14/h10-12H,3-9H2,1-2H3,(H,15,16). The highest BCUT2D eigenvalue weighted by atomic mass is 32.2. The Balaban J connectivity index is 1.94. The number of ether oxygens (including phenoxy) is 1. The first kappa shape index (κ1) is 14.2. The first-order valence-electron chi connectivity index (χ1n) is 7.05. The molecule has 18 heavy (non-hydrogen) atoms. The van der Waals surface area contributed by atoms with E-state index in [1.54, 1.807) is 11.8 Å². The average molecular weight is 272 g/mol. The molecule has 0 bridgehead atoms. The van der Waals surface area contributed by atoms with Crippen LogP contribution in [0, 0.1) is 5.92 Å². The van der Waals surface area contributed by atoms with Gasteiger partial charge in [-0.05, 0) is 31.6 Å². The molecule has 0 aromatic rings. The van der Waals surface area contributed by atoms with E-state index in [2.05, 4.69) is 0 Å². The Labute approximate surface area is 114 Å². The molecule has 1 aliphatic carbocycles. The SMILES string of the molecule is CC(C)C(SC1CCOC2(CCCC2)C1)C(=O)O. The molecule has 1 saturated heterocycles. The second-order valence-electron chi connectivity index (χ2n) is 5.99. The zero-order valence-corrected chi connectivity index (χ0v) is 12.2. The third-order valence-electron chi connectivity index (χ3n) is 4.15. The second-order valence-corrected chi connectivity index (χ2v) is 7.44. The van der Waals surface area contributed by atoms with Gasteiger partial charge in [-0.2, -0.15) is 0 Å². The van der Waals surface area contributed by atoms with Gasteiger partial charge in [-0.25, -0.2) is 0 Å². The molecule has 4 heteroatoms. The van der Waals surface area contributed by atoms with Crippen LogP contribution in [-0.4, -0.2) is 33.8 Å². The Morgan fingerprint density at radius 2 is 2.06 bits per heavy atom. The molecule has 2 rings (SSSR count). The fraction of sp³-hybridized carbons (Fsp3) is 0.929. The maximum Gasteiger partial charge on any atom is 0.316 e. The number of thioether (sulfide) groups is 1. The Morgan fingerprint density at radius 1 is 1.39 bits per heavy atom. The van der Waals surface area contributed by atoms with Crippen molar-refractivity contribution in [2.45, 2.75) is 68.5 Å². The van der Waals surface area contributed by atoms with Crippen molar-refractivity contribution in [3.8, 4) is 0 Å². The first-order chi connectivity index (χ1) is 8.52. The summed E-state index contributed by atoms with van der Waals surface area (Å²) in [5.74, 6) is -0.475. The monoisotopic (exact) mass is 272 g/mol. The maximum absolute atomic E-state index is 11.3. The van der Waals surface area contributed by atoms with Crippen LogP contribution in [0.2, 0.25) is 0 Å². The lowest BCUT2D eigenvalue weighted by Gasteiger charge is -2.39. The molecule has 1 aliphatic heterocycles. The third-order valence-corrected chi connectivity index (χ3v) is 5.98. The molecular formula is C14H24O3S. The van der Waals surface area contributed by atoms with E-state index in [0.29, 0.717) is 5.25 Å². The quantitative estimate of drug-likeness (QED) is 0.853. The number of hydrogen-bond acceptors (Lipinski definition) is 3. The van der Waals surface area contributed by atoms with Gasteiger partial charge < -0.3 is 9.84 Å².